The predicted octanol–water partition coefficient (Wildman–Crippen LogP) is -0.200. The molecule has 0 aliphatic carbocycles. The summed E-state index contributed by atoms with van der Waals surface area (Å²) in [6.45, 7) is 2.73. The van der Waals surface area contributed by atoms with Gasteiger partial charge in [-0.25, -0.2) is 4.98 Å². The average Bonchev–Trinajstić information content (AvgIpc) is 2.51. The molecule has 0 aliphatic heterocycles. The van der Waals surface area contributed by atoms with Crippen LogP contribution in [0.15, 0.2) is 12.4 Å². The number of nitrogens with zero attached hydrogens (tertiary/aromatic N) is 2. The fourth-order valence-electron chi connectivity index (χ4n) is 0.864. The van der Waals surface area contributed by atoms with E-state index in [0.29, 0.717) is 5.95 Å². The zero-order valence-corrected chi connectivity index (χ0v) is 6.95. The third-order valence-electron chi connectivity index (χ3n) is 1.49. The first-order valence-corrected chi connectivity index (χ1v) is 3.79. The van der Waals surface area contributed by atoms with Crippen molar-refractivity contribution in [1.82, 2.24) is 9.55 Å². The highest BCUT2D eigenvalue weighted by molar-refractivity contribution is 5.90. The maximum absolute atomic E-state index is 10.9. The first-order valence-electron chi connectivity index (χ1n) is 3.79. The molecule has 0 saturated carbocycles. The molecule has 0 atom stereocenters. The molecule has 3 N–H and O–H groups in total. The minimum absolute atomic E-state index is 0.0173. The number of amides is 1. The van der Waals surface area contributed by atoms with Gasteiger partial charge in [0, 0.05) is 18.9 Å². The summed E-state index contributed by atoms with van der Waals surface area (Å²) in [5.74, 6) is 0.323. The molecule has 0 saturated heterocycles. The van der Waals surface area contributed by atoms with Gasteiger partial charge in [0.2, 0.25) is 11.9 Å². The molecule has 1 aromatic heterocycles. The van der Waals surface area contributed by atoms with Crippen molar-refractivity contribution < 1.29 is 4.79 Å². The third kappa shape index (κ3) is 1.82. The second-order valence-electron chi connectivity index (χ2n) is 2.29. The van der Waals surface area contributed by atoms with E-state index < -0.39 is 0 Å². The maximum atomic E-state index is 10.9. The van der Waals surface area contributed by atoms with Crippen LogP contribution in [0.1, 0.15) is 6.92 Å². The van der Waals surface area contributed by atoms with Crippen LogP contribution >= 0.6 is 0 Å². The average molecular weight is 168 g/mol. The highest BCUT2D eigenvalue weighted by atomic mass is 16.1. The number of aromatic nitrogens is 2. The molecule has 0 spiro atoms. The van der Waals surface area contributed by atoms with Crippen LogP contribution in [0.3, 0.4) is 0 Å². The molecule has 12 heavy (non-hydrogen) atoms. The number of carbonyl (C=O) groups is 1. The van der Waals surface area contributed by atoms with Gasteiger partial charge in [0.1, 0.15) is 0 Å². The smallest absolute Gasteiger partial charge is 0.240 e. The summed E-state index contributed by atoms with van der Waals surface area (Å²) in [4.78, 5) is 14.8. The van der Waals surface area contributed by atoms with Crippen LogP contribution in [0.25, 0.3) is 0 Å². The van der Waals surface area contributed by atoms with Crippen molar-refractivity contribution in [3.8, 4) is 0 Å². The molecular weight excluding hydrogens is 156 g/mol. The molecule has 1 rings (SSSR count). The van der Waals surface area contributed by atoms with Crippen molar-refractivity contribution in [2.45, 2.75) is 13.5 Å². The van der Waals surface area contributed by atoms with E-state index in [-0.39, 0.29) is 12.5 Å². The number of carbonyl (C=O) groups excluding carboxylic acids is 1. The van der Waals surface area contributed by atoms with E-state index in [1.807, 2.05) is 11.5 Å². The Hall–Kier alpha value is -1.36. The van der Waals surface area contributed by atoms with Gasteiger partial charge in [0.15, 0.2) is 0 Å². The normalized spacial score (nSPS) is 9.83. The van der Waals surface area contributed by atoms with Crippen molar-refractivity contribution in [2.75, 3.05) is 11.9 Å². The largest absolute Gasteiger partial charge is 0.322 e. The predicted molar refractivity (Wildman–Crippen MR) is 45.6 cm³/mol. The molecule has 1 heterocycles. The van der Waals surface area contributed by atoms with Gasteiger partial charge in [-0.1, -0.05) is 0 Å². The zero-order chi connectivity index (χ0) is 8.97. The maximum Gasteiger partial charge on any atom is 0.240 e. The molecule has 0 bridgehead atoms. The Kier molecular flexibility index (Phi) is 2.82. The Labute approximate surface area is 70.6 Å². The van der Waals surface area contributed by atoms with E-state index in [4.69, 9.17) is 5.73 Å². The number of nitrogens with two attached hydrogens (primary N) is 1. The summed E-state index contributed by atoms with van der Waals surface area (Å²) >= 11 is 0. The van der Waals surface area contributed by atoms with Crippen molar-refractivity contribution in [2.24, 2.45) is 5.73 Å². The molecule has 0 radical (unpaired) electrons. The molecular formula is C7H12N4O. The second-order valence-corrected chi connectivity index (χ2v) is 2.29. The van der Waals surface area contributed by atoms with Crippen molar-refractivity contribution in [3.63, 3.8) is 0 Å². The summed E-state index contributed by atoms with van der Waals surface area (Å²) in [6.07, 6.45) is 3.43. The van der Waals surface area contributed by atoms with Crippen molar-refractivity contribution >= 4 is 11.9 Å². The van der Waals surface area contributed by atoms with Crippen LogP contribution in [-0.4, -0.2) is 22.0 Å². The minimum Gasteiger partial charge on any atom is -0.322 e. The highest BCUT2D eigenvalue weighted by Gasteiger charge is 2.03. The van der Waals surface area contributed by atoms with E-state index in [2.05, 4.69) is 10.3 Å². The number of aryl methyl sites for hydroxylation is 1. The number of anilines is 1. The van der Waals surface area contributed by atoms with Gasteiger partial charge in [-0.05, 0) is 6.92 Å². The SMILES string of the molecule is CCn1ccnc1NC(=O)CN. The van der Waals surface area contributed by atoms with Gasteiger partial charge < -0.3 is 10.3 Å². The summed E-state index contributed by atoms with van der Waals surface area (Å²) in [5.41, 5.74) is 5.13. The number of rotatable bonds is 3. The molecule has 5 heteroatoms. The first-order chi connectivity index (χ1) is 5.77. The van der Waals surface area contributed by atoms with Crippen LogP contribution in [0.4, 0.5) is 5.95 Å². The monoisotopic (exact) mass is 168 g/mol. The van der Waals surface area contributed by atoms with Gasteiger partial charge in [-0.15, -0.1) is 0 Å². The lowest BCUT2D eigenvalue weighted by Crippen LogP contribution is -2.23. The Balaban J connectivity index is 2.68. The fraction of sp³-hybridized carbons (Fsp3) is 0.429. The molecule has 1 amide bonds. The quantitative estimate of drug-likeness (QED) is 0.656. The van der Waals surface area contributed by atoms with E-state index in [1.54, 1.807) is 12.4 Å². The molecule has 0 unspecified atom stereocenters. The number of hydrogen-bond acceptors (Lipinski definition) is 3. The summed E-state index contributed by atoms with van der Waals surface area (Å²) in [7, 11) is 0. The van der Waals surface area contributed by atoms with Gasteiger partial charge >= 0.3 is 0 Å². The van der Waals surface area contributed by atoms with Crippen molar-refractivity contribution in [1.29, 1.82) is 0 Å². The summed E-state index contributed by atoms with van der Waals surface area (Å²) in [5, 5.41) is 2.58. The highest BCUT2D eigenvalue weighted by Crippen LogP contribution is 2.02. The Bertz CT molecular complexity index is 268. The number of nitrogens with one attached hydrogen (secondary N) is 1. The van der Waals surface area contributed by atoms with Crippen LogP contribution in [0.2, 0.25) is 0 Å². The molecule has 66 valence electrons. The van der Waals surface area contributed by atoms with E-state index in [1.165, 1.54) is 0 Å². The van der Waals surface area contributed by atoms with E-state index >= 15 is 0 Å². The van der Waals surface area contributed by atoms with Gasteiger partial charge in [-0.2, -0.15) is 0 Å². The number of imidazole rings is 1. The lowest BCUT2D eigenvalue weighted by Gasteiger charge is -2.04. The van der Waals surface area contributed by atoms with Crippen LogP contribution in [0.5, 0.6) is 0 Å². The lowest BCUT2D eigenvalue weighted by atomic mass is 10.6. The standard InChI is InChI=1S/C7H12N4O/c1-2-11-4-3-9-7(11)10-6(12)5-8/h3-4H,2,5,8H2,1H3,(H,9,10,12). The van der Waals surface area contributed by atoms with E-state index in [0.717, 1.165) is 6.54 Å². The minimum atomic E-state index is -0.226. The molecule has 0 aliphatic rings. The molecule has 0 aromatic carbocycles. The molecule has 1 aromatic rings. The Morgan fingerprint density at radius 2 is 2.58 bits per heavy atom. The first kappa shape index (κ1) is 8.73. The van der Waals surface area contributed by atoms with Crippen LogP contribution in [-0.2, 0) is 11.3 Å². The molecule has 5 nitrogen and oxygen atoms in total. The van der Waals surface area contributed by atoms with Crippen LogP contribution < -0.4 is 11.1 Å². The molecule has 0 fully saturated rings. The Morgan fingerprint density at radius 3 is 3.17 bits per heavy atom. The summed E-state index contributed by atoms with van der Waals surface area (Å²) in [6, 6.07) is 0. The Morgan fingerprint density at radius 1 is 1.83 bits per heavy atom. The number of hydrogen-bond donors (Lipinski definition) is 2. The second kappa shape index (κ2) is 3.87. The van der Waals surface area contributed by atoms with Gasteiger partial charge in [0.05, 0.1) is 6.54 Å². The van der Waals surface area contributed by atoms with E-state index in [9.17, 15) is 4.79 Å². The van der Waals surface area contributed by atoms with Crippen LogP contribution in [0, 0.1) is 0 Å². The van der Waals surface area contributed by atoms with Crippen molar-refractivity contribution in [3.05, 3.63) is 12.4 Å². The van der Waals surface area contributed by atoms with Gasteiger partial charge in [-0.3, -0.25) is 10.1 Å². The summed E-state index contributed by atoms with van der Waals surface area (Å²) < 4.78 is 1.83. The fourth-order valence-corrected chi connectivity index (χ4v) is 0.864. The topological polar surface area (TPSA) is 72.9 Å². The lowest BCUT2D eigenvalue weighted by molar-refractivity contribution is -0.115. The van der Waals surface area contributed by atoms with Gasteiger partial charge in [0.25, 0.3) is 0 Å². The zero-order valence-electron chi connectivity index (χ0n) is 6.95. The third-order valence-corrected chi connectivity index (χ3v) is 1.49.